The minimum absolute atomic E-state index is 0.596. The van der Waals surface area contributed by atoms with Crippen LogP contribution in [0.2, 0.25) is 0 Å². The molecule has 0 bridgehead atoms. The topological polar surface area (TPSA) is 35.0 Å². The minimum atomic E-state index is -0.596. The molecule has 3 heterocycles. The maximum Gasteiger partial charge on any atom is 0.160 e. The van der Waals surface area contributed by atoms with Crippen LogP contribution in [0, 0.1) is 0 Å². The molecule has 0 saturated heterocycles. The normalized spacial score (nSPS) is 13.4. The molecule has 4 heteroatoms. The third-order valence-corrected chi connectivity index (χ3v) is 11.8. The van der Waals surface area contributed by atoms with E-state index in [-0.39, 0.29) is 0 Å². The van der Waals surface area contributed by atoms with E-state index < -0.39 is 5.41 Å². The standard InChI is InChI=1S/C47H28N2OS/c1-3-15-29(16-4-1)38-28-39(49-46(48-38)30-17-5-2-6-18-30)33-27-37-43(44-32-20-8-14-26-42(32)51-45(33)44)31-19-7-9-21-34(31)47(37)35-22-10-12-24-40(35)50-41-25-13-11-23-36(41)47/h1-28H. The summed E-state index contributed by atoms with van der Waals surface area (Å²) < 4.78 is 9.15. The van der Waals surface area contributed by atoms with Crippen LogP contribution in [0.3, 0.4) is 0 Å². The van der Waals surface area contributed by atoms with E-state index in [0.717, 1.165) is 50.7 Å². The molecule has 0 radical (unpaired) electrons. The van der Waals surface area contributed by atoms with Gasteiger partial charge in [-0.15, -0.1) is 11.3 Å². The number of hydrogen-bond donors (Lipinski definition) is 0. The SMILES string of the molecule is c1ccc(-c2cc(-c3cc4c(c5c3sc3ccccc35)-c3ccccc3C43c4ccccc4Oc4ccccc43)nc(-c3ccccc3)n2)cc1. The molecule has 0 atom stereocenters. The Morgan fingerprint density at radius 1 is 0.471 bits per heavy atom. The fourth-order valence-electron chi connectivity index (χ4n) is 8.47. The zero-order valence-electron chi connectivity index (χ0n) is 27.4. The molecule has 9 aromatic rings. The Labute approximate surface area is 299 Å². The highest BCUT2D eigenvalue weighted by atomic mass is 32.1. The van der Waals surface area contributed by atoms with Crippen LogP contribution in [0.5, 0.6) is 11.5 Å². The number of hydrogen-bond acceptors (Lipinski definition) is 4. The first-order valence-corrected chi connectivity index (χ1v) is 18.1. The van der Waals surface area contributed by atoms with Crippen LogP contribution in [0.15, 0.2) is 170 Å². The predicted molar refractivity (Wildman–Crippen MR) is 209 cm³/mol. The average molecular weight is 669 g/mol. The van der Waals surface area contributed by atoms with Gasteiger partial charge in [0.15, 0.2) is 5.82 Å². The summed E-state index contributed by atoms with van der Waals surface area (Å²) >= 11 is 1.85. The summed E-state index contributed by atoms with van der Waals surface area (Å²) in [7, 11) is 0. The molecule has 0 unspecified atom stereocenters. The number of aromatic nitrogens is 2. The van der Waals surface area contributed by atoms with Crippen molar-refractivity contribution in [3.8, 4) is 56.5 Å². The van der Waals surface area contributed by atoms with Gasteiger partial charge in [-0.05, 0) is 52.6 Å². The first-order chi connectivity index (χ1) is 25.3. The second kappa shape index (κ2) is 10.8. The summed E-state index contributed by atoms with van der Waals surface area (Å²) in [5.74, 6) is 2.48. The van der Waals surface area contributed by atoms with Crippen LogP contribution in [0.25, 0.3) is 65.2 Å². The van der Waals surface area contributed by atoms with Gasteiger partial charge < -0.3 is 4.74 Å². The Balaban J connectivity index is 1.32. The van der Waals surface area contributed by atoms with Crippen molar-refractivity contribution in [2.75, 3.05) is 0 Å². The maximum atomic E-state index is 6.66. The summed E-state index contributed by atoms with van der Waals surface area (Å²) in [6, 6.07) is 60.3. The monoisotopic (exact) mass is 668 g/mol. The number of para-hydroxylation sites is 2. The van der Waals surface area contributed by atoms with Gasteiger partial charge in [0.25, 0.3) is 0 Å². The molecular formula is C47H28N2OS. The van der Waals surface area contributed by atoms with Gasteiger partial charge in [0.05, 0.1) is 16.8 Å². The van der Waals surface area contributed by atoms with Crippen molar-refractivity contribution in [3.63, 3.8) is 0 Å². The molecule has 51 heavy (non-hydrogen) atoms. The van der Waals surface area contributed by atoms with E-state index in [9.17, 15) is 0 Å². The van der Waals surface area contributed by atoms with Gasteiger partial charge in [0, 0.05) is 48.0 Å². The molecule has 3 nitrogen and oxygen atoms in total. The number of ether oxygens (including phenoxy) is 1. The number of benzene rings is 7. The Morgan fingerprint density at radius 3 is 1.80 bits per heavy atom. The summed E-state index contributed by atoms with van der Waals surface area (Å²) in [5.41, 5.74) is 11.7. The van der Waals surface area contributed by atoms with Gasteiger partial charge in [0.1, 0.15) is 11.5 Å². The Morgan fingerprint density at radius 2 is 1.06 bits per heavy atom. The van der Waals surface area contributed by atoms with E-state index in [1.54, 1.807) is 0 Å². The molecule has 0 saturated carbocycles. The predicted octanol–water partition coefficient (Wildman–Crippen LogP) is 12.3. The van der Waals surface area contributed by atoms with Crippen molar-refractivity contribution in [1.29, 1.82) is 0 Å². The quantitative estimate of drug-likeness (QED) is 0.188. The first kappa shape index (κ1) is 28.5. The van der Waals surface area contributed by atoms with Gasteiger partial charge in [0.2, 0.25) is 0 Å². The molecule has 1 spiro atoms. The molecule has 7 aromatic carbocycles. The number of thiophene rings is 1. The smallest absolute Gasteiger partial charge is 0.160 e. The molecule has 2 aromatic heterocycles. The molecule has 2 aliphatic rings. The Kier molecular flexibility index (Phi) is 6.04. The van der Waals surface area contributed by atoms with Crippen molar-refractivity contribution >= 4 is 31.5 Å². The maximum absolute atomic E-state index is 6.66. The highest BCUT2D eigenvalue weighted by molar-refractivity contribution is 7.26. The third kappa shape index (κ3) is 3.99. The van der Waals surface area contributed by atoms with E-state index in [1.165, 1.54) is 42.4 Å². The Bertz CT molecular complexity index is 2740. The zero-order chi connectivity index (χ0) is 33.5. The van der Waals surface area contributed by atoms with Gasteiger partial charge in [-0.3, -0.25) is 0 Å². The molecule has 0 N–H and O–H groups in total. The summed E-state index contributed by atoms with van der Waals surface area (Å²) in [4.78, 5) is 10.5. The second-order valence-corrected chi connectivity index (χ2v) is 14.3. The lowest BCUT2D eigenvalue weighted by Gasteiger charge is -2.39. The van der Waals surface area contributed by atoms with Gasteiger partial charge in [-0.1, -0.05) is 140 Å². The lowest BCUT2D eigenvalue weighted by molar-refractivity contribution is 0.436. The van der Waals surface area contributed by atoms with Crippen molar-refractivity contribution < 1.29 is 4.74 Å². The first-order valence-electron chi connectivity index (χ1n) is 17.2. The van der Waals surface area contributed by atoms with Crippen molar-refractivity contribution in [1.82, 2.24) is 9.97 Å². The minimum Gasteiger partial charge on any atom is -0.457 e. The van der Waals surface area contributed by atoms with Crippen LogP contribution in [0.4, 0.5) is 0 Å². The van der Waals surface area contributed by atoms with E-state index in [0.29, 0.717) is 5.82 Å². The van der Waals surface area contributed by atoms with E-state index in [4.69, 9.17) is 14.7 Å². The van der Waals surface area contributed by atoms with E-state index >= 15 is 0 Å². The van der Waals surface area contributed by atoms with Crippen molar-refractivity contribution in [2.45, 2.75) is 5.41 Å². The highest BCUT2D eigenvalue weighted by Crippen LogP contribution is 2.64. The highest BCUT2D eigenvalue weighted by Gasteiger charge is 2.52. The largest absolute Gasteiger partial charge is 0.457 e. The molecular weight excluding hydrogens is 641 g/mol. The second-order valence-electron chi connectivity index (χ2n) is 13.2. The lowest BCUT2D eigenvalue weighted by atomic mass is 9.66. The van der Waals surface area contributed by atoms with Crippen LogP contribution in [0.1, 0.15) is 22.3 Å². The lowest BCUT2D eigenvalue weighted by Crippen LogP contribution is -2.32. The van der Waals surface area contributed by atoms with Gasteiger partial charge >= 0.3 is 0 Å². The van der Waals surface area contributed by atoms with Crippen molar-refractivity contribution in [3.05, 3.63) is 192 Å². The summed E-state index contributed by atoms with van der Waals surface area (Å²) in [5, 5.41) is 2.53. The van der Waals surface area contributed by atoms with Gasteiger partial charge in [-0.2, -0.15) is 0 Å². The van der Waals surface area contributed by atoms with E-state index in [1.807, 2.05) is 35.6 Å². The van der Waals surface area contributed by atoms with E-state index in [2.05, 4.69) is 146 Å². The van der Waals surface area contributed by atoms with Crippen molar-refractivity contribution in [2.24, 2.45) is 0 Å². The molecule has 1 aliphatic heterocycles. The fourth-order valence-corrected chi connectivity index (χ4v) is 9.71. The molecule has 0 fully saturated rings. The fraction of sp³-hybridized carbons (Fsp3) is 0.0213. The third-order valence-electron chi connectivity index (χ3n) is 10.6. The molecule has 1 aliphatic carbocycles. The molecule has 238 valence electrons. The molecule has 11 rings (SSSR count). The average Bonchev–Trinajstić information content (AvgIpc) is 3.72. The van der Waals surface area contributed by atoms with Crippen LogP contribution >= 0.6 is 11.3 Å². The van der Waals surface area contributed by atoms with Crippen LogP contribution < -0.4 is 4.74 Å². The number of fused-ring (bicyclic) bond motifs is 13. The zero-order valence-corrected chi connectivity index (χ0v) is 28.2. The Hall–Kier alpha value is -6.36. The van der Waals surface area contributed by atoms with Crippen LogP contribution in [-0.2, 0) is 5.41 Å². The van der Waals surface area contributed by atoms with Crippen LogP contribution in [-0.4, -0.2) is 9.97 Å². The number of nitrogens with zero attached hydrogens (tertiary/aromatic N) is 2. The summed E-state index contributed by atoms with van der Waals surface area (Å²) in [6.45, 7) is 0. The summed E-state index contributed by atoms with van der Waals surface area (Å²) in [6.07, 6.45) is 0. The number of rotatable bonds is 3. The molecule has 0 amide bonds. The van der Waals surface area contributed by atoms with Gasteiger partial charge in [-0.25, -0.2) is 9.97 Å².